The lowest BCUT2D eigenvalue weighted by atomic mass is 10.2. The van der Waals surface area contributed by atoms with Crippen molar-refractivity contribution in [3.05, 3.63) is 48.0 Å². The van der Waals surface area contributed by atoms with Gasteiger partial charge in [0.1, 0.15) is 0 Å². The Bertz CT molecular complexity index is 722. The van der Waals surface area contributed by atoms with Crippen LogP contribution < -0.4 is 19.5 Å². The molecule has 0 heterocycles. The molecular formula is C21H28N2O4. The number of anilines is 1. The second-order valence-electron chi connectivity index (χ2n) is 6.45. The lowest BCUT2D eigenvalue weighted by Crippen LogP contribution is -2.37. The van der Waals surface area contributed by atoms with Crippen molar-refractivity contribution in [2.24, 2.45) is 0 Å². The van der Waals surface area contributed by atoms with Crippen LogP contribution in [0.4, 0.5) is 5.69 Å². The predicted molar refractivity (Wildman–Crippen MR) is 107 cm³/mol. The first-order valence-electron chi connectivity index (χ1n) is 8.86. The van der Waals surface area contributed by atoms with E-state index in [-0.39, 0.29) is 18.5 Å². The molecule has 2 rings (SSSR count). The van der Waals surface area contributed by atoms with Gasteiger partial charge in [0.25, 0.3) is 0 Å². The molecule has 0 radical (unpaired) electrons. The van der Waals surface area contributed by atoms with Gasteiger partial charge in [0.2, 0.25) is 11.7 Å². The molecule has 1 amide bonds. The van der Waals surface area contributed by atoms with Crippen molar-refractivity contribution < 1.29 is 19.0 Å². The summed E-state index contributed by atoms with van der Waals surface area (Å²) < 4.78 is 16.0. The quantitative estimate of drug-likeness (QED) is 0.729. The molecular weight excluding hydrogens is 344 g/mol. The van der Waals surface area contributed by atoms with Crippen LogP contribution in [-0.4, -0.2) is 44.7 Å². The molecule has 2 aromatic rings. The van der Waals surface area contributed by atoms with Crippen LogP contribution in [0.5, 0.6) is 17.2 Å². The highest BCUT2D eigenvalue weighted by molar-refractivity contribution is 5.93. The van der Waals surface area contributed by atoms with Gasteiger partial charge in [0.15, 0.2) is 11.5 Å². The molecule has 2 aromatic carbocycles. The zero-order valence-electron chi connectivity index (χ0n) is 16.6. The Labute approximate surface area is 161 Å². The number of nitrogens with one attached hydrogen (secondary N) is 1. The smallest absolute Gasteiger partial charge is 0.238 e. The monoisotopic (exact) mass is 372 g/mol. The van der Waals surface area contributed by atoms with E-state index in [0.29, 0.717) is 29.5 Å². The summed E-state index contributed by atoms with van der Waals surface area (Å²) in [5.74, 6) is 1.38. The van der Waals surface area contributed by atoms with Crippen LogP contribution in [0.25, 0.3) is 0 Å². The first-order valence-corrected chi connectivity index (χ1v) is 8.86. The Balaban J connectivity index is 2.11. The minimum atomic E-state index is -0.103. The number of hydrogen-bond donors (Lipinski definition) is 1. The van der Waals surface area contributed by atoms with Crippen LogP contribution in [0.2, 0.25) is 0 Å². The third kappa shape index (κ3) is 5.62. The highest BCUT2D eigenvalue weighted by Gasteiger charge is 2.17. The number of carbonyl (C=O) groups is 1. The molecule has 0 aromatic heterocycles. The third-order valence-corrected chi connectivity index (χ3v) is 4.25. The second kappa shape index (κ2) is 9.83. The highest BCUT2D eigenvalue weighted by Crippen LogP contribution is 2.39. The van der Waals surface area contributed by atoms with Crippen molar-refractivity contribution in [1.82, 2.24) is 4.90 Å². The predicted octanol–water partition coefficient (Wildman–Crippen LogP) is 3.56. The van der Waals surface area contributed by atoms with E-state index in [4.69, 9.17) is 14.2 Å². The fourth-order valence-electron chi connectivity index (χ4n) is 2.78. The number of benzene rings is 2. The lowest BCUT2D eigenvalue weighted by molar-refractivity contribution is -0.117. The molecule has 0 fully saturated rings. The van der Waals surface area contributed by atoms with E-state index < -0.39 is 0 Å². The van der Waals surface area contributed by atoms with E-state index in [1.165, 1.54) is 5.56 Å². The third-order valence-electron chi connectivity index (χ3n) is 4.25. The Morgan fingerprint density at radius 1 is 1.00 bits per heavy atom. The minimum absolute atomic E-state index is 0.103. The van der Waals surface area contributed by atoms with Gasteiger partial charge in [-0.3, -0.25) is 9.69 Å². The van der Waals surface area contributed by atoms with Gasteiger partial charge in [-0.2, -0.15) is 0 Å². The van der Waals surface area contributed by atoms with Crippen LogP contribution in [0, 0.1) is 0 Å². The molecule has 0 bridgehead atoms. The number of hydrogen-bond acceptors (Lipinski definition) is 5. The number of nitrogens with zero attached hydrogens (tertiary/aromatic N) is 1. The summed E-state index contributed by atoms with van der Waals surface area (Å²) in [4.78, 5) is 14.7. The Hall–Kier alpha value is -2.73. The van der Waals surface area contributed by atoms with Gasteiger partial charge in [-0.15, -0.1) is 0 Å². The van der Waals surface area contributed by atoms with Crippen molar-refractivity contribution in [2.45, 2.75) is 26.4 Å². The minimum Gasteiger partial charge on any atom is -0.493 e. The van der Waals surface area contributed by atoms with Gasteiger partial charge in [0.05, 0.1) is 27.9 Å². The van der Waals surface area contributed by atoms with Crippen LogP contribution >= 0.6 is 0 Å². The molecule has 0 atom stereocenters. The SMILES string of the molecule is COc1cc(NC(=O)CN(Cc2ccccc2)C(C)C)cc(OC)c1OC. The van der Waals surface area contributed by atoms with E-state index in [0.717, 1.165) is 0 Å². The normalized spacial score (nSPS) is 10.8. The van der Waals surface area contributed by atoms with Crippen molar-refractivity contribution in [3.8, 4) is 17.2 Å². The number of methoxy groups -OCH3 is 3. The van der Waals surface area contributed by atoms with Crippen molar-refractivity contribution >= 4 is 11.6 Å². The zero-order chi connectivity index (χ0) is 19.8. The van der Waals surface area contributed by atoms with Gasteiger partial charge in [-0.05, 0) is 19.4 Å². The number of amides is 1. The summed E-state index contributed by atoms with van der Waals surface area (Å²) in [6, 6.07) is 13.8. The summed E-state index contributed by atoms with van der Waals surface area (Å²) in [5, 5.41) is 2.92. The maximum absolute atomic E-state index is 12.6. The van der Waals surface area contributed by atoms with E-state index in [9.17, 15) is 4.79 Å². The lowest BCUT2D eigenvalue weighted by Gasteiger charge is -2.26. The molecule has 6 heteroatoms. The summed E-state index contributed by atoms with van der Waals surface area (Å²) >= 11 is 0. The molecule has 0 saturated carbocycles. The van der Waals surface area contributed by atoms with Crippen molar-refractivity contribution in [3.63, 3.8) is 0 Å². The molecule has 0 aliphatic rings. The van der Waals surface area contributed by atoms with Crippen LogP contribution in [0.15, 0.2) is 42.5 Å². The van der Waals surface area contributed by atoms with E-state index in [1.807, 2.05) is 18.2 Å². The molecule has 146 valence electrons. The Morgan fingerprint density at radius 2 is 1.59 bits per heavy atom. The highest BCUT2D eigenvalue weighted by atomic mass is 16.5. The Morgan fingerprint density at radius 3 is 2.07 bits per heavy atom. The fraction of sp³-hybridized carbons (Fsp3) is 0.381. The van der Waals surface area contributed by atoms with Gasteiger partial charge in [0, 0.05) is 30.4 Å². The van der Waals surface area contributed by atoms with E-state index in [1.54, 1.807) is 33.5 Å². The first-order chi connectivity index (χ1) is 13.0. The van der Waals surface area contributed by atoms with Crippen molar-refractivity contribution in [2.75, 3.05) is 33.2 Å². The van der Waals surface area contributed by atoms with Crippen LogP contribution in [0.1, 0.15) is 19.4 Å². The maximum Gasteiger partial charge on any atom is 0.238 e. The summed E-state index contributed by atoms with van der Waals surface area (Å²) in [7, 11) is 4.63. The van der Waals surface area contributed by atoms with Crippen LogP contribution in [-0.2, 0) is 11.3 Å². The molecule has 0 saturated heterocycles. The average molecular weight is 372 g/mol. The van der Waals surface area contributed by atoms with E-state index >= 15 is 0 Å². The summed E-state index contributed by atoms with van der Waals surface area (Å²) in [6.07, 6.45) is 0. The molecule has 1 N–H and O–H groups in total. The summed E-state index contributed by atoms with van der Waals surface area (Å²) in [5.41, 5.74) is 1.77. The van der Waals surface area contributed by atoms with Gasteiger partial charge < -0.3 is 19.5 Å². The Kier molecular flexibility index (Phi) is 7.49. The molecule has 0 aliphatic carbocycles. The maximum atomic E-state index is 12.6. The van der Waals surface area contributed by atoms with Gasteiger partial charge in [-0.1, -0.05) is 30.3 Å². The number of rotatable bonds is 9. The molecule has 0 unspecified atom stereocenters. The van der Waals surface area contributed by atoms with Gasteiger partial charge in [-0.25, -0.2) is 0 Å². The molecule has 6 nitrogen and oxygen atoms in total. The molecule has 0 spiro atoms. The van der Waals surface area contributed by atoms with Gasteiger partial charge >= 0.3 is 0 Å². The average Bonchev–Trinajstić information content (AvgIpc) is 2.67. The topological polar surface area (TPSA) is 60.0 Å². The summed E-state index contributed by atoms with van der Waals surface area (Å²) in [6.45, 7) is 5.15. The standard InChI is InChI=1S/C21H28N2O4/c1-15(2)23(13-16-9-7-6-8-10-16)14-20(24)22-17-11-18(25-3)21(27-5)19(12-17)26-4/h6-12,15H,13-14H2,1-5H3,(H,22,24). The number of ether oxygens (including phenoxy) is 3. The molecule has 27 heavy (non-hydrogen) atoms. The molecule has 0 aliphatic heterocycles. The van der Waals surface area contributed by atoms with Crippen LogP contribution in [0.3, 0.4) is 0 Å². The largest absolute Gasteiger partial charge is 0.493 e. The number of carbonyl (C=O) groups excluding carboxylic acids is 1. The fourth-order valence-corrected chi connectivity index (χ4v) is 2.78. The zero-order valence-corrected chi connectivity index (χ0v) is 16.6. The van der Waals surface area contributed by atoms with Crippen molar-refractivity contribution in [1.29, 1.82) is 0 Å². The van der Waals surface area contributed by atoms with E-state index in [2.05, 4.69) is 36.2 Å². The second-order valence-corrected chi connectivity index (χ2v) is 6.45. The first kappa shape index (κ1) is 20.6.